The van der Waals surface area contributed by atoms with Gasteiger partial charge in [-0.2, -0.15) is 11.8 Å². The summed E-state index contributed by atoms with van der Waals surface area (Å²) in [6.07, 6.45) is 6.07. The minimum atomic E-state index is 0.199. The standard InChI is InChI=1S/C14H26N2OS/c1-2-3-4-7-15-8-5-6-13(15)14(17)16-9-11-18-12-10-16/h13H,2-12H2,1H3. The van der Waals surface area contributed by atoms with Gasteiger partial charge < -0.3 is 4.90 Å². The van der Waals surface area contributed by atoms with E-state index in [1.54, 1.807) is 0 Å². The van der Waals surface area contributed by atoms with E-state index in [2.05, 4.69) is 16.7 Å². The molecule has 2 aliphatic heterocycles. The number of thioether (sulfide) groups is 1. The molecule has 0 radical (unpaired) electrons. The van der Waals surface area contributed by atoms with Crippen molar-refractivity contribution in [2.24, 2.45) is 0 Å². The quantitative estimate of drug-likeness (QED) is 0.716. The first-order chi connectivity index (χ1) is 8.83. The molecule has 0 bridgehead atoms. The number of hydrogen-bond donors (Lipinski definition) is 0. The Morgan fingerprint density at radius 3 is 2.72 bits per heavy atom. The molecule has 0 aromatic carbocycles. The molecule has 104 valence electrons. The number of unbranched alkanes of at least 4 members (excludes halogenated alkanes) is 2. The summed E-state index contributed by atoms with van der Waals surface area (Å²) in [5, 5.41) is 0. The molecule has 3 nitrogen and oxygen atoms in total. The van der Waals surface area contributed by atoms with Crippen molar-refractivity contribution in [2.45, 2.75) is 45.1 Å². The van der Waals surface area contributed by atoms with Crippen LogP contribution in [0.2, 0.25) is 0 Å². The molecule has 1 unspecified atom stereocenters. The highest BCUT2D eigenvalue weighted by Crippen LogP contribution is 2.21. The summed E-state index contributed by atoms with van der Waals surface area (Å²) in [7, 11) is 0. The fourth-order valence-electron chi connectivity index (χ4n) is 2.93. The van der Waals surface area contributed by atoms with Gasteiger partial charge in [-0.1, -0.05) is 19.8 Å². The lowest BCUT2D eigenvalue weighted by Gasteiger charge is -2.32. The molecule has 2 rings (SSSR count). The first-order valence-electron chi connectivity index (χ1n) is 7.43. The van der Waals surface area contributed by atoms with E-state index in [0.29, 0.717) is 5.91 Å². The first kappa shape index (κ1) is 14.2. The van der Waals surface area contributed by atoms with Crippen molar-refractivity contribution in [1.82, 2.24) is 9.80 Å². The average Bonchev–Trinajstić information content (AvgIpc) is 2.88. The zero-order valence-corrected chi connectivity index (χ0v) is 12.4. The number of carbonyl (C=O) groups is 1. The topological polar surface area (TPSA) is 23.6 Å². The predicted molar refractivity (Wildman–Crippen MR) is 78.0 cm³/mol. The molecule has 1 atom stereocenters. The molecular weight excluding hydrogens is 244 g/mol. The molecule has 2 heterocycles. The summed E-state index contributed by atoms with van der Waals surface area (Å²) in [4.78, 5) is 17.0. The third-order valence-electron chi connectivity index (χ3n) is 4.02. The van der Waals surface area contributed by atoms with Gasteiger partial charge in [-0.15, -0.1) is 0 Å². The van der Waals surface area contributed by atoms with E-state index >= 15 is 0 Å². The van der Waals surface area contributed by atoms with Crippen molar-refractivity contribution in [3.63, 3.8) is 0 Å². The Morgan fingerprint density at radius 1 is 1.22 bits per heavy atom. The van der Waals surface area contributed by atoms with Crippen LogP contribution in [0, 0.1) is 0 Å². The summed E-state index contributed by atoms with van der Waals surface area (Å²) in [5.41, 5.74) is 0. The van der Waals surface area contributed by atoms with Gasteiger partial charge in [-0.3, -0.25) is 9.69 Å². The summed E-state index contributed by atoms with van der Waals surface area (Å²) < 4.78 is 0. The molecule has 4 heteroatoms. The van der Waals surface area contributed by atoms with Crippen LogP contribution in [-0.2, 0) is 4.79 Å². The van der Waals surface area contributed by atoms with E-state index in [1.807, 2.05) is 11.8 Å². The van der Waals surface area contributed by atoms with Crippen LogP contribution in [0.3, 0.4) is 0 Å². The summed E-state index contributed by atoms with van der Waals surface area (Å²) in [6.45, 7) is 6.40. The zero-order chi connectivity index (χ0) is 12.8. The van der Waals surface area contributed by atoms with E-state index in [0.717, 1.165) is 44.1 Å². The molecule has 2 aliphatic rings. The molecule has 0 saturated carbocycles. The molecule has 0 aliphatic carbocycles. The molecule has 0 aromatic heterocycles. The van der Waals surface area contributed by atoms with Crippen molar-refractivity contribution in [1.29, 1.82) is 0 Å². The SMILES string of the molecule is CCCCCN1CCCC1C(=O)N1CCSCC1. The summed E-state index contributed by atoms with van der Waals surface area (Å²) >= 11 is 1.97. The van der Waals surface area contributed by atoms with Crippen molar-refractivity contribution in [2.75, 3.05) is 37.7 Å². The fraction of sp³-hybridized carbons (Fsp3) is 0.929. The highest BCUT2D eigenvalue weighted by Gasteiger charge is 2.33. The maximum Gasteiger partial charge on any atom is 0.239 e. The number of carbonyl (C=O) groups excluding carboxylic acids is 1. The van der Waals surface area contributed by atoms with E-state index in [-0.39, 0.29) is 6.04 Å². The van der Waals surface area contributed by atoms with Gasteiger partial charge in [-0.25, -0.2) is 0 Å². The maximum atomic E-state index is 12.5. The largest absolute Gasteiger partial charge is 0.340 e. The molecular formula is C14H26N2OS. The lowest BCUT2D eigenvalue weighted by atomic mass is 10.1. The summed E-state index contributed by atoms with van der Waals surface area (Å²) in [6, 6.07) is 0.199. The van der Waals surface area contributed by atoms with E-state index in [4.69, 9.17) is 0 Å². The van der Waals surface area contributed by atoms with Crippen molar-refractivity contribution in [3.8, 4) is 0 Å². The Hall–Kier alpha value is -0.220. The van der Waals surface area contributed by atoms with Crippen LogP contribution in [-0.4, -0.2) is 59.4 Å². The van der Waals surface area contributed by atoms with Gasteiger partial charge in [0, 0.05) is 24.6 Å². The second-order valence-corrected chi connectivity index (χ2v) is 6.56. The Kier molecular flexibility index (Phi) is 5.83. The number of rotatable bonds is 5. The Bertz CT molecular complexity index is 267. The lowest BCUT2D eigenvalue weighted by molar-refractivity contribution is -0.135. The second-order valence-electron chi connectivity index (χ2n) is 5.34. The highest BCUT2D eigenvalue weighted by molar-refractivity contribution is 7.99. The van der Waals surface area contributed by atoms with Crippen LogP contribution >= 0.6 is 11.8 Å². The monoisotopic (exact) mass is 270 g/mol. The van der Waals surface area contributed by atoms with Gasteiger partial charge in [0.15, 0.2) is 0 Å². The van der Waals surface area contributed by atoms with Crippen molar-refractivity contribution in [3.05, 3.63) is 0 Å². The van der Waals surface area contributed by atoms with Gasteiger partial charge in [0.2, 0.25) is 5.91 Å². The molecule has 0 N–H and O–H groups in total. The second kappa shape index (κ2) is 7.39. The fourth-order valence-corrected chi connectivity index (χ4v) is 3.84. The lowest BCUT2D eigenvalue weighted by Crippen LogP contribution is -2.48. The van der Waals surface area contributed by atoms with E-state index < -0.39 is 0 Å². The third-order valence-corrected chi connectivity index (χ3v) is 4.96. The minimum absolute atomic E-state index is 0.199. The van der Waals surface area contributed by atoms with Gasteiger partial charge in [-0.05, 0) is 32.4 Å². The smallest absolute Gasteiger partial charge is 0.239 e. The highest BCUT2D eigenvalue weighted by atomic mass is 32.2. The Labute approximate surface area is 115 Å². The summed E-state index contributed by atoms with van der Waals surface area (Å²) in [5.74, 6) is 2.65. The van der Waals surface area contributed by atoms with Crippen LogP contribution in [0.15, 0.2) is 0 Å². The maximum absolute atomic E-state index is 12.5. The van der Waals surface area contributed by atoms with Gasteiger partial charge in [0.05, 0.1) is 6.04 Å². The Balaban J connectivity index is 1.83. The van der Waals surface area contributed by atoms with Gasteiger partial charge in [0.1, 0.15) is 0 Å². The minimum Gasteiger partial charge on any atom is -0.340 e. The van der Waals surface area contributed by atoms with Crippen molar-refractivity contribution < 1.29 is 4.79 Å². The molecule has 1 amide bonds. The molecule has 2 saturated heterocycles. The van der Waals surface area contributed by atoms with Crippen LogP contribution in [0.1, 0.15) is 39.0 Å². The van der Waals surface area contributed by atoms with Crippen LogP contribution in [0.4, 0.5) is 0 Å². The Morgan fingerprint density at radius 2 is 2.00 bits per heavy atom. The number of nitrogens with zero attached hydrogens (tertiary/aromatic N) is 2. The van der Waals surface area contributed by atoms with Crippen LogP contribution < -0.4 is 0 Å². The average molecular weight is 270 g/mol. The van der Waals surface area contributed by atoms with Crippen LogP contribution in [0.25, 0.3) is 0 Å². The third kappa shape index (κ3) is 3.64. The van der Waals surface area contributed by atoms with Crippen molar-refractivity contribution >= 4 is 17.7 Å². The molecule has 0 spiro atoms. The molecule has 0 aromatic rings. The normalized spacial score (nSPS) is 25.6. The van der Waals surface area contributed by atoms with E-state index in [1.165, 1.54) is 25.7 Å². The predicted octanol–water partition coefficient (Wildman–Crippen LogP) is 2.22. The number of amides is 1. The first-order valence-corrected chi connectivity index (χ1v) is 8.59. The van der Waals surface area contributed by atoms with Crippen LogP contribution in [0.5, 0.6) is 0 Å². The number of hydrogen-bond acceptors (Lipinski definition) is 3. The zero-order valence-electron chi connectivity index (χ0n) is 11.6. The van der Waals surface area contributed by atoms with Gasteiger partial charge >= 0.3 is 0 Å². The molecule has 18 heavy (non-hydrogen) atoms. The molecule has 2 fully saturated rings. The van der Waals surface area contributed by atoms with E-state index in [9.17, 15) is 4.79 Å². The number of likely N-dealkylation sites (tertiary alicyclic amines) is 1. The van der Waals surface area contributed by atoms with Gasteiger partial charge in [0.25, 0.3) is 0 Å².